The summed E-state index contributed by atoms with van der Waals surface area (Å²) in [6.07, 6.45) is 1.12. The lowest BCUT2D eigenvalue weighted by Crippen LogP contribution is -2.26. The molecule has 0 amide bonds. The first-order valence-corrected chi connectivity index (χ1v) is 9.04. The maximum Gasteiger partial charge on any atom is 0.232 e. The fraction of sp³-hybridized carbons (Fsp3) is 0.571. The molecule has 0 aliphatic rings. The van der Waals surface area contributed by atoms with Gasteiger partial charge in [0.15, 0.2) is 0 Å². The normalized spacial score (nSPS) is 11.7. The van der Waals surface area contributed by atoms with E-state index in [2.05, 4.69) is 4.72 Å². The minimum absolute atomic E-state index is 0.0189. The molecule has 7 heteroatoms. The van der Waals surface area contributed by atoms with Gasteiger partial charge in [0.05, 0.1) is 17.1 Å². The van der Waals surface area contributed by atoms with E-state index in [4.69, 9.17) is 11.6 Å². The molecule has 1 rings (SSSR count). The molecule has 120 valence electrons. The highest BCUT2D eigenvalue weighted by Crippen LogP contribution is 2.24. The van der Waals surface area contributed by atoms with Crippen molar-refractivity contribution < 1.29 is 12.8 Å². The van der Waals surface area contributed by atoms with Gasteiger partial charge in [-0.05, 0) is 38.8 Å². The van der Waals surface area contributed by atoms with Crippen LogP contribution in [0.2, 0.25) is 0 Å². The van der Waals surface area contributed by atoms with Gasteiger partial charge in [-0.2, -0.15) is 0 Å². The smallest absolute Gasteiger partial charge is 0.232 e. The maximum absolute atomic E-state index is 14.0. The Labute approximate surface area is 131 Å². The van der Waals surface area contributed by atoms with E-state index in [9.17, 15) is 12.8 Å². The molecule has 1 aromatic carbocycles. The lowest BCUT2D eigenvalue weighted by atomic mass is 10.2. The fourth-order valence-electron chi connectivity index (χ4n) is 1.75. The minimum atomic E-state index is -3.46. The largest absolute Gasteiger partial charge is 0.370 e. The molecule has 0 atom stereocenters. The van der Waals surface area contributed by atoms with Crippen LogP contribution in [0.5, 0.6) is 0 Å². The molecule has 0 fully saturated rings. The number of alkyl halides is 1. The zero-order valence-electron chi connectivity index (χ0n) is 12.6. The number of hydrogen-bond donors (Lipinski definition) is 1. The Morgan fingerprint density at radius 2 is 2.00 bits per heavy atom. The van der Waals surface area contributed by atoms with Crippen molar-refractivity contribution in [3.8, 4) is 0 Å². The van der Waals surface area contributed by atoms with Gasteiger partial charge in [-0.15, -0.1) is 11.6 Å². The van der Waals surface area contributed by atoms with Gasteiger partial charge in [0.25, 0.3) is 0 Å². The number of sulfonamides is 1. The van der Waals surface area contributed by atoms with E-state index in [0.717, 1.165) is 0 Å². The second-order valence-electron chi connectivity index (χ2n) is 5.19. The molecule has 1 aromatic rings. The molecule has 0 heterocycles. The summed E-state index contributed by atoms with van der Waals surface area (Å²) in [5, 5.41) is 0. The van der Waals surface area contributed by atoms with Gasteiger partial charge in [0.1, 0.15) is 5.82 Å². The van der Waals surface area contributed by atoms with E-state index in [1.54, 1.807) is 24.1 Å². The van der Waals surface area contributed by atoms with Crippen LogP contribution in [-0.2, 0) is 10.0 Å². The third-order valence-corrected chi connectivity index (χ3v) is 4.81. The number of unbranched alkanes of at least 4 members (excludes halogenated alkanes) is 1. The van der Waals surface area contributed by atoms with Crippen LogP contribution in [0.15, 0.2) is 18.2 Å². The molecular weight excluding hydrogens is 315 g/mol. The Hall–Kier alpha value is -1.01. The Balaban J connectivity index is 2.80. The van der Waals surface area contributed by atoms with Gasteiger partial charge in [0.2, 0.25) is 10.0 Å². The van der Waals surface area contributed by atoms with Crippen LogP contribution < -0.4 is 9.62 Å². The third-order valence-electron chi connectivity index (χ3n) is 3.17. The van der Waals surface area contributed by atoms with Crippen LogP contribution in [0.3, 0.4) is 0 Å². The quantitative estimate of drug-likeness (QED) is 0.584. The van der Waals surface area contributed by atoms with Gasteiger partial charge in [-0.1, -0.05) is 0 Å². The van der Waals surface area contributed by atoms with Crippen molar-refractivity contribution in [2.45, 2.75) is 32.7 Å². The summed E-state index contributed by atoms with van der Waals surface area (Å²) in [6.45, 7) is 3.90. The predicted molar refractivity (Wildman–Crippen MR) is 87.3 cm³/mol. The van der Waals surface area contributed by atoms with E-state index in [0.29, 0.717) is 24.4 Å². The number of nitrogens with one attached hydrogen (secondary N) is 1. The molecule has 1 N–H and O–H groups in total. The summed E-state index contributed by atoms with van der Waals surface area (Å²) >= 11 is 5.51. The lowest BCUT2D eigenvalue weighted by Gasteiger charge is -2.24. The number of hydrogen-bond acceptors (Lipinski definition) is 3. The van der Waals surface area contributed by atoms with E-state index in [1.807, 2.05) is 13.8 Å². The van der Waals surface area contributed by atoms with Crippen LogP contribution in [0.4, 0.5) is 15.8 Å². The van der Waals surface area contributed by atoms with Crippen LogP contribution >= 0.6 is 11.6 Å². The van der Waals surface area contributed by atoms with E-state index < -0.39 is 15.8 Å². The van der Waals surface area contributed by atoms with Crippen LogP contribution in [-0.4, -0.2) is 33.1 Å². The number of nitrogens with zero attached hydrogens (tertiary/aromatic N) is 1. The third kappa shape index (κ3) is 5.71. The van der Waals surface area contributed by atoms with Crippen molar-refractivity contribution >= 4 is 33.0 Å². The molecule has 0 saturated carbocycles. The summed E-state index contributed by atoms with van der Waals surface area (Å²) in [5.74, 6) is -0.0396. The molecule has 0 aromatic heterocycles. The monoisotopic (exact) mass is 336 g/mol. The van der Waals surface area contributed by atoms with Crippen LogP contribution in [0.1, 0.15) is 26.7 Å². The molecule has 0 aliphatic heterocycles. The van der Waals surface area contributed by atoms with Crippen molar-refractivity contribution in [1.82, 2.24) is 0 Å². The van der Waals surface area contributed by atoms with Gasteiger partial charge in [-0.25, -0.2) is 12.8 Å². The summed E-state index contributed by atoms with van der Waals surface area (Å²) in [5.41, 5.74) is 0.675. The maximum atomic E-state index is 14.0. The molecule has 0 bridgehead atoms. The standard InChI is InChI=1S/C14H22ClFN2O2S/c1-11(2)18(3)14-7-6-12(10-13(14)16)17-21(19,20)9-5-4-8-15/h6-7,10-11,17H,4-5,8-9H2,1-3H3. The van der Waals surface area contributed by atoms with Crippen molar-refractivity contribution in [1.29, 1.82) is 0 Å². The Morgan fingerprint density at radius 3 is 2.52 bits per heavy atom. The van der Waals surface area contributed by atoms with E-state index >= 15 is 0 Å². The predicted octanol–water partition coefficient (Wildman–Crippen LogP) is 3.43. The van der Waals surface area contributed by atoms with Crippen molar-refractivity contribution in [3.05, 3.63) is 24.0 Å². The first-order chi connectivity index (χ1) is 9.76. The second kappa shape index (κ2) is 7.84. The minimum Gasteiger partial charge on any atom is -0.370 e. The Morgan fingerprint density at radius 1 is 1.33 bits per heavy atom. The highest BCUT2D eigenvalue weighted by molar-refractivity contribution is 7.92. The number of halogens is 2. The average molecular weight is 337 g/mol. The first kappa shape index (κ1) is 18.0. The molecule has 0 spiro atoms. The van der Waals surface area contributed by atoms with E-state index in [1.165, 1.54) is 6.07 Å². The molecular formula is C14H22ClFN2O2S. The number of anilines is 2. The number of benzene rings is 1. The molecule has 0 saturated heterocycles. The molecule has 4 nitrogen and oxygen atoms in total. The van der Waals surface area contributed by atoms with Crippen molar-refractivity contribution in [2.24, 2.45) is 0 Å². The van der Waals surface area contributed by atoms with Crippen LogP contribution in [0, 0.1) is 5.82 Å². The number of rotatable bonds is 8. The van der Waals surface area contributed by atoms with Gasteiger partial charge in [0, 0.05) is 25.0 Å². The Bertz CT molecular complexity index is 564. The molecule has 0 aliphatic carbocycles. The molecule has 21 heavy (non-hydrogen) atoms. The van der Waals surface area contributed by atoms with Crippen molar-refractivity contribution in [3.63, 3.8) is 0 Å². The zero-order valence-corrected chi connectivity index (χ0v) is 14.1. The molecule has 0 radical (unpaired) electrons. The summed E-state index contributed by atoms with van der Waals surface area (Å²) in [6, 6.07) is 4.49. The molecule has 0 unspecified atom stereocenters. The van der Waals surface area contributed by atoms with Gasteiger partial charge < -0.3 is 4.90 Å². The summed E-state index contributed by atoms with van der Waals surface area (Å²) in [4.78, 5) is 1.79. The Kier molecular flexibility index (Phi) is 6.74. The van der Waals surface area contributed by atoms with Crippen LogP contribution in [0.25, 0.3) is 0 Å². The highest BCUT2D eigenvalue weighted by atomic mass is 35.5. The summed E-state index contributed by atoms with van der Waals surface area (Å²) in [7, 11) is -1.67. The van der Waals surface area contributed by atoms with Gasteiger partial charge in [-0.3, -0.25) is 4.72 Å². The average Bonchev–Trinajstić information content (AvgIpc) is 2.37. The zero-order chi connectivity index (χ0) is 16.0. The first-order valence-electron chi connectivity index (χ1n) is 6.85. The SMILES string of the molecule is CC(C)N(C)c1ccc(NS(=O)(=O)CCCCCl)cc1F. The summed E-state index contributed by atoms with van der Waals surface area (Å²) < 4.78 is 40.1. The fourth-order valence-corrected chi connectivity index (χ4v) is 3.11. The van der Waals surface area contributed by atoms with E-state index in [-0.39, 0.29) is 17.5 Å². The highest BCUT2D eigenvalue weighted by Gasteiger charge is 2.14. The van der Waals surface area contributed by atoms with Gasteiger partial charge >= 0.3 is 0 Å². The van der Waals surface area contributed by atoms with Crippen molar-refractivity contribution in [2.75, 3.05) is 28.3 Å². The topological polar surface area (TPSA) is 49.4 Å². The second-order valence-corrected chi connectivity index (χ2v) is 7.41. The lowest BCUT2D eigenvalue weighted by molar-refractivity contribution is 0.597.